The standard InChI is InChI=1S/C23H23NO4/c1-14-8-9-19-18(13-27-21(19)10-14)12-22(25)28-16(3)23(26)24-15(2)11-17-6-4-5-7-20(17)24/h4-10,13,15-16H,11-12H2,1-3H3/t15-,16-/m1/s1. The molecule has 3 aromatic rings. The zero-order chi connectivity index (χ0) is 19.8. The van der Waals surface area contributed by atoms with Crippen LogP contribution in [0.3, 0.4) is 0 Å². The van der Waals surface area contributed by atoms with Gasteiger partial charge in [0.05, 0.1) is 12.7 Å². The average Bonchev–Trinajstić information content (AvgIpc) is 3.20. The molecule has 1 aliphatic rings. The van der Waals surface area contributed by atoms with E-state index in [1.54, 1.807) is 18.1 Å². The van der Waals surface area contributed by atoms with Crippen molar-refractivity contribution in [3.8, 4) is 0 Å². The molecule has 1 aliphatic heterocycles. The number of para-hydroxylation sites is 1. The van der Waals surface area contributed by atoms with Gasteiger partial charge in [0.15, 0.2) is 6.10 Å². The van der Waals surface area contributed by atoms with Crippen LogP contribution in [0.1, 0.15) is 30.5 Å². The molecule has 2 atom stereocenters. The summed E-state index contributed by atoms with van der Waals surface area (Å²) in [5.41, 5.74) is 4.64. The number of aryl methyl sites for hydroxylation is 1. The summed E-state index contributed by atoms with van der Waals surface area (Å²) in [5.74, 6) is -0.636. The van der Waals surface area contributed by atoms with E-state index >= 15 is 0 Å². The third kappa shape index (κ3) is 3.28. The minimum Gasteiger partial charge on any atom is -0.464 e. The van der Waals surface area contributed by atoms with Gasteiger partial charge < -0.3 is 14.1 Å². The summed E-state index contributed by atoms with van der Waals surface area (Å²) < 4.78 is 11.0. The molecular weight excluding hydrogens is 354 g/mol. The van der Waals surface area contributed by atoms with Crippen LogP contribution in [0.2, 0.25) is 0 Å². The molecule has 0 bridgehead atoms. The van der Waals surface area contributed by atoms with E-state index in [1.807, 2.05) is 56.3 Å². The highest BCUT2D eigenvalue weighted by Crippen LogP contribution is 2.32. The van der Waals surface area contributed by atoms with Crippen molar-refractivity contribution < 1.29 is 18.7 Å². The van der Waals surface area contributed by atoms with Gasteiger partial charge in [-0.25, -0.2) is 0 Å². The minimum absolute atomic E-state index is 0.0482. The molecule has 5 heteroatoms. The van der Waals surface area contributed by atoms with E-state index in [9.17, 15) is 9.59 Å². The molecule has 0 N–H and O–H groups in total. The molecule has 0 aliphatic carbocycles. The summed E-state index contributed by atoms with van der Waals surface area (Å²) in [6, 6.07) is 13.8. The fourth-order valence-corrected chi connectivity index (χ4v) is 3.87. The number of esters is 1. The molecule has 0 unspecified atom stereocenters. The average molecular weight is 377 g/mol. The molecule has 2 heterocycles. The van der Waals surface area contributed by atoms with Crippen LogP contribution in [-0.2, 0) is 27.2 Å². The molecule has 0 saturated heterocycles. The van der Waals surface area contributed by atoms with E-state index in [2.05, 4.69) is 0 Å². The summed E-state index contributed by atoms with van der Waals surface area (Å²) in [7, 11) is 0. The Kier molecular flexibility index (Phi) is 4.67. The summed E-state index contributed by atoms with van der Waals surface area (Å²) in [6.45, 7) is 5.62. The van der Waals surface area contributed by atoms with Gasteiger partial charge in [0, 0.05) is 22.7 Å². The van der Waals surface area contributed by atoms with Crippen molar-refractivity contribution in [3.63, 3.8) is 0 Å². The molecule has 0 radical (unpaired) electrons. The molecule has 1 amide bonds. The number of amides is 1. The minimum atomic E-state index is -0.846. The summed E-state index contributed by atoms with van der Waals surface area (Å²) in [4.78, 5) is 27.1. The molecule has 0 saturated carbocycles. The van der Waals surface area contributed by atoms with Crippen LogP contribution in [0, 0.1) is 6.92 Å². The summed E-state index contributed by atoms with van der Waals surface area (Å²) in [6.07, 6.45) is 1.61. The van der Waals surface area contributed by atoms with Crippen molar-refractivity contribution in [2.75, 3.05) is 4.90 Å². The fourth-order valence-electron chi connectivity index (χ4n) is 3.87. The first-order chi connectivity index (χ1) is 13.4. The second kappa shape index (κ2) is 7.15. The van der Waals surface area contributed by atoms with E-state index in [-0.39, 0.29) is 18.4 Å². The first-order valence-electron chi connectivity index (χ1n) is 9.51. The normalized spacial score (nSPS) is 16.8. The molecule has 2 aromatic carbocycles. The van der Waals surface area contributed by atoms with Gasteiger partial charge in [-0.15, -0.1) is 0 Å². The first kappa shape index (κ1) is 18.3. The van der Waals surface area contributed by atoms with Crippen LogP contribution in [-0.4, -0.2) is 24.0 Å². The fraction of sp³-hybridized carbons (Fsp3) is 0.304. The molecule has 0 fully saturated rings. The van der Waals surface area contributed by atoms with Crippen LogP contribution < -0.4 is 4.90 Å². The van der Waals surface area contributed by atoms with Gasteiger partial charge in [-0.05, 0) is 50.5 Å². The van der Waals surface area contributed by atoms with Gasteiger partial charge in [0.2, 0.25) is 0 Å². The number of benzene rings is 2. The van der Waals surface area contributed by atoms with Crippen LogP contribution in [0.25, 0.3) is 11.0 Å². The molecular formula is C23H23NO4. The number of carbonyl (C=O) groups is 2. The van der Waals surface area contributed by atoms with Crippen molar-refractivity contribution >= 4 is 28.5 Å². The quantitative estimate of drug-likeness (QED) is 0.640. The van der Waals surface area contributed by atoms with Gasteiger partial charge in [-0.2, -0.15) is 0 Å². The van der Waals surface area contributed by atoms with Crippen LogP contribution in [0.15, 0.2) is 53.1 Å². The van der Waals surface area contributed by atoms with E-state index in [4.69, 9.17) is 9.15 Å². The summed E-state index contributed by atoms with van der Waals surface area (Å²) >= 11 is 0. The molecule has 28 heavy (non-hydrogen) atoms. The van der Waals surface area contributed by atoms with Crippen LogP contribution in [0.5, 0.6) is 0 Å². The number of hydrogen-bond donors (Lipinski definition) is 0. The zero-order valence-corrected chi connectivity index (χ0v) is 16.3. The largest absolute Gasteiger partial charge is 0.464 e. The highest BCUT2D eigenvalue weighted by atomic mass is 16.5. The van der Waals surface area contributed by atoms with Crippen LogP contribution in [0.4, 0.5) is 5.69 Å². The van der Waals surface area contributed by atoms with E-state index < -0.39 is 12.1 Å². The second-order valence-electron chi connectivity index (χ2n) is 7.46. The Morgan fingerprint density at radius 2 is 2.04 bits per heavy atom. The molecule has 144 valence electrons. The number of fused-ring (bicyclic) bond motifs is 2. The predicted molar refractivity (Wildman–Crippen MR) is 107 cm³/mol. The maximum Gasteiger partial charge on any atom is 0.311 e. The van der Waals surface area contributed by atoms with Crippen molar-refractivity contribution in [1.29, 1.82) is 0 Å². The summed E-state index contributed by atoms with van der Waals surface area (Å²) in [5, 5.41) is 0.892. The van der Waals surface area contributed by atoms with E-state index in [1.165, 1.54) is 0 Å². The Morgan fingerprint density at radius 1 is 1.25 bits per heavy atom. The third-order valence-corrected chi connectivity index (χ3v) is 5.25. The topological polar surface area (TPSA) is 59.8 Å². The number of furan rings is 1. The number of ether oxygens (including phenoxy) is 1. The van der Waals surface area contributed by atoms with E-state index in [0.29, 0.717) is 0 Å². The second-order valence-corrected chi connectivity index (χ2v) is 7.46. The lowest BCUT2D eigenvalue weighted by Gasteiger charge is -2.25. The Morgan fingerprint density at radius 3 is 2.86 bits per heavy atom. The lowest BCUT2D eigenvalue weighted by molar-refractivity contribution is -0.153. The van der Waals surface area contributed by atoms with E-state index in [0.717, 1.165) is 39.8 Å². The predicted octanol–water partition coefficient (Wildman–Crippen LogP) is 4.19. The maximum absolute atomic E-state index is 12.9. The Bertz CT molecular complexity index is 1050. The molecule has 4 rings (SSSR count). The SMILES string of the molecule is Cc1ccc2c(CC(=O)O[C@H](C)C(=O)N3c4ccccc4C[C@H]3C)coc2c1. The highest BCUT2D eigenvalue weighted by molar-refractivity contribution is 6.00. The third-order valence-electron chi connectivity index (χ3n) is 5.25. The van der Waals surface area contributed by atoms with Crippen LogP contribution >= 0.6 is 0 Å². The molecule has 1 aromatic heterocycles. The van der Waals surface area contributed by atoms with Gasteiger partial charge in [0.1, 0.15) is 5.58 Å². The molecule has 0 spiro atoms. The van der Waals surface area contributed by atoms with Gasteiger partial charge in [0.25, 0.3) is 5.91 Å². The lowest BCUT2D eigenvalue weighted by atomic mass is 10.1. The van der Waals surface area contributed by atoms with Crippen molar-refractivity contribution in [2.24, 2.45) is 0 Å². The number of anilines is 1. The Balaban J connectivity index is 1.45. The Hall–Kier alpha value is -3.08. The maximum atomic E-state index is 12.9. The Labute approximate surface area is 163 Å². The van der Waals surface area contributed by atoms with Crippen molar-refractivity contribution in [2.45, 2.75) is 45.8 Å². The smallest absolute Gasteiger partial charge is 0.311 e. The number of nitrogens with zero attached hydrogens (tertiary/aromatic N) is 1. The zero-order valence-electron chi connectivity index (χ0n) is 16.3. The first-order valence-corrected chi connectivity index (χ1v) is 9.51. The van der Waals surface area contributed by atoms with Crippen molar-refractivity contribution in [1.82, 2.24) is 0 Å². The molecule has 5 nitrogen and oxygen atoms in total. The number of hydrogen-bond acceptors (Lipinski definition) is 4. The number of rotatable bonds is 4. The number of carbonyl (C=O) groups excluding carboxylic acids is 2. The van der Waals surface area contributed by atoms with Crippen molar-refractivity contribution in [3.05, 3.63) is 65.4 Å². The van der Waals surface area contributed by atoms with Gasteiger partial charge in [-0.1, -0.05) is 30.3 Å². The van der Waals surface area contributed by atoms with Gasteiger partial charge in [-0.3, -0.25) is 9.59 Å². The van der Waals surface area contributed by atoms with Gasteiger partial charge >= 0.3 is 5.97 Å². The lowest BCUT2D eigenvalue weighted by Crippen LogP contribution is -2.43. The highest BCUT2D eigenvalue weighted by Gasteiger charge is 2.34. The monoisotopic (exact) mass is 377 g/mol.